The quantitative estimate of drug-likeness (QED) is 0.518. The molecule has 154 valence electrons. The van der Waals surface area contributed by atoms with Crippen molar-refractivity contribution in [2.75, 3.05) is 7.11 Å². The first-order valence-corrected chi connectivity index (χ1v) is 10.4. The van der Waals surface area contributed by atoms with Crippen LogP contribution < -0.4 is 5.56 Å². The minimum Gasteiger partial charge on any atom is -0.378 e. The van der Waals surface area contributed by atoms with E-state index >= 15 is 0 Å². The molecule has 8 heteroatoms. The second kappa shape index (κ2) is 7.60. The standard InChI is InChI=1S/C22H24N6O2/c1-14-8-6-7-11-17(14)27-13-23-21-19(22(27)29)24-25-20-18(15-9-4-3-5-10-15)16(12-30-2)26-28(20)21/h3-5,9-10,13-14,17H,6-8,11-12H2,1-2H3. The molecule has 1 aromatic carbocycles. The minimum absolute atomic E-state index is 0.154. The van der Waals surface area contributed by atoms with Gasteiger partial charge in [-0.15, -0.1) is 10.2 Å². The first-order chi connectivity index (χ1) is 14.7. The molecule has 30 heavy (non-hydrogen) atoms. The molecule has 0 N–H and O–H groups in total. The van der Waals surface area contributed by atoms with Gasteiger partial charge in [-0.2, -0.15) is 9.61 Å². The van der Waals surface area contributed by atoms with Crippen LogP contribution in [0.15, 0.2) is 41.5 Å². The number of ether oxygens (including phenoxy) is 1. The lowest BCUT2D eigenvalue weighted by Gasteiger charge is -2.29. The second-order valence-electron chi connectivity index (χ2n) is 8.01. The molecule has 1 saturated carbocycles. The van der Waals surface area contributed by atoms with E-state index in [0.717, 1.165) is 36.1 Å². The summed E-state index contributed by atoms with van der Waals surface area (Å²) in [6, 6.07) is 10.0. The Morgan fingerprint density at radius 1 is 1.10 bits per heavy atom. The summed E-state index contributed by atoms with van der Waals surface area (Å²) >= 11 is 0. The maximum atomic E-state index is 13.3. The number of hydrogen-bond acceptors (Lipinski definition) is 6. The molecule has 1 aliphatic rings. The van der Waals surface area contributed by atoms with Gasteiger partial charge in [0.15, 0.2) is 16.8 Å². The molecule has 0 saturated heterocycles. The predicted molar refractivity (Wildman–Crippen MR) is 113 cm³/mol. The molecular weight excluding hydrogens is 380 g/mol. The van der Waals surface area contributed by atoms with E-state index in [4.69, 9.17) is 4.74 Å². The van der Waals surface area contributed by atoms with Gasteiger partial charge >= 0.3 is 0 Å². The Morgan fingerprint density at radius 2 is 1.90 bits per heavy atom. The van der Waals surface area contributed by atoms with Crippen LogP contribution in [0.4, 0.5) is 0 Å². The summed E-state index contributed by atoms with van der Waals surface area (Å²) in [6.07, 6.45) is 6.11. The lowest BCUT2D eigenvalue weighted by atomic mass is 9.86. The number of methoxy groups -OCH3 is 1. The van der Waals surface area contributed by atoms with Gasteiger partial charge in [0.2, 0.25) is 0 Å². The third-order valence-electron chi connectivity index (χ3n) is 6.10. The van der Waals surface area contributed by atoms with Crippen LogP contribution >= 0.6 is 0 Å². The highest BCUT2D eigenvalue weighted by Crippen LogP contribution is 2.33. The number of hydrogen-bond donors (Lipinski definition) is 0. The predicted octanol–water partition coefficient (Wildman–Crippen LogP) is 3.40. The maximum Gasteiger partial charge on any atom is 0.283 e. The van der Waals surface area contributed by atoms with Crippen molar-refractivity contribution >= 4 is 16.8 Å². The molecular formula is C22H24N6O2. The molecule has 0 spiro atoms. The van der Waals surface area contributed by atoms with Crippen molar-refractivity contribution in [1.29, 1.82) is 0 Å². The molecule has 0 radical (unpaired) electrons. The Balaban J connectivity index is 1.72. The molecule has 8 nitrogen and oxygen atoms in total. The second-order valence-corrected chi connectivity index (χ2v) is 8.01. The molecule has 4 aromatic rings. The largest absolute Gasteiger partial charge is 0.378 e. The monoisotopic (exact) mass is 404 g/mol. The molecule has 1 aliphatic carbocycles. The Kier molecular flexibility index (Phi) is 4.78. The van der Waals surface area contributed by atoms with Gasteiger partial charge in [-0.1, -0.05) is 50.1 Å². The van der Waals surface area contributed by atoms with Crippen molar-refractivity contribution in [3.05, 3.63) is 52.7 Å². The van der Waals surface area contributed by atoms with Crippen molar-refractivity contribution in [3.63, 3.8) is 0 Å². The first kappa shape index (κ1) is 18.9. The van der Waals surface area contributed by atoms with E-state index in [-0.39, 0.29) is 17.1 Å². The van der Waals surface area contributed by atoms with Crippen LogP contribution in [0, 0.1) is 5.92 Å². The zero-order chi connectivity index (χ0) is 20.7. The van der Waals surface area contributed by atoms with Gasteiger partial charge in [0.05, 0.1) is 17.9 Å². The van der Waals surface area contributed by atoms with Crippen molar-refractivity contribution in [1.82, 2.24) is 29.4 Å². The molecule has 3 heterocycles. The minimum atomic E-state index is -0.154. The lowest BCUT2D eigenvalue weighted by molar-refractivity contribution is 0.181. The number of benzene rings is 1. The fraction of sp³-hybridized carbons (Fsp3) is 0.409. The fourth-order valence-corrected chi connectivity index (χ4v) is 4.57. The highest BCUT2D eigenvalue weighted by Gasteiger charge is 2.26. The summed E-state index contributed by atoms with van der Waals surface area (Å²) in [6.45, 7) is 2.53. The third-order valence-corrected chi connectivity index (χ3v) is 6.10. The molecule has 0 amide bonds. The molecule has 3 aromatic heterocycles. The summed E-state index contributed by atoms with van der Waals surface area (Å²) < 4.78 is 8.72. The smallest absolute Gasteiger partial charge is 0.283 e. The molecule has 2 unspecified atom stereocenters. The zero-order valence-electron chi connectivity index (χ0n) is 17.2. The molecule has 5 rings (SSSR count). The Morgan fingerprint density at radius 3 is 2.67 bits per heavy atom. The van der Waals surface area contributed by atoms with E-state index in [1.54, 1.807) is 22.5 Å². The topological polar surface area (TPSA) is 87.2 Å². The van der Waals surface area contributed by atoms with E-state index in [9.17, 15) is 4.79 Å². The summed E-state index contributed by atoms with van der Waals surface area (Å²) in [7, 11) is 1.63. The van der Waals surface area contributed by atoms with Gasteiger partial charge in [0, 0.05) is 13.2 Å². The third kappa shape index (κ3) is 2.99. The Labute approximate surface area is 173 Å². The van der Waals surface area contributed by atoms with E-state index < -0.39 is 0 Å². The van der Waals surface area contributed by atoms with Gasteiger partial charge in [-0.3, -0.25) is 9.36 Å². The lowest BCUT2D eigenvalue weighted by Crippen LogP contribution is -2.31. The van der Waals surface area contributed by atoms with Crippen molar-refractivity contribution in [2.24, 2.45) is 5.92 Å². The molecule has 0 bridgehead atoms. The Hall–Kier alpha value is -3.13. The van der Waals surface area contributed by atoms with Crippen LogP contribution in [-0.2, 0) is 11.3 Å². The molecule has 1 fully saturated rings. The molecule has 2 atom stereocenters. The van der Waals surface area contributed by atoms with Gasteiger partial charge in [0.25, 0.3) is 5.56 Å². The van der Waals surface area contributed by atoms with Crippen LogP contribution in [0.1, 0.15) is 44.3 Å². The van der Waals surface area contributed by atoms with Crippen LogP contribution in [0.2, 0.25) is 0 Å². The van der Waals surface area contributed by atoms with Gasteiger partial charge < -0.3 is 4.74 Å². The van der Waals surface area contributed by atoms with Crippen LogP contribution in [0.5, 0.6) is 0 Å². The van der Waals surface area contributed by atoms with Crippen LogP contribution in [0.3, 0.4) is 0 Å². The highest BCUT2D eigenvalue weighted by molar-refractivity contribution is 5.83. The average Bonchev–Trinajstić information content (AvgIpc) is 3.14. The van der Waals surface area contributed by atoms with Crippen LogP contribution in [-0.4, -0.2) is 36.5 Å². The van der Waals surface area contributed by atoms with Gasteiger partial charge in [-0.05, 0) is 24.3 Å². The summed E-state index contributed by atoms with van der Waals surface area (Å²) in [4.78, 5) is 17.9. The van der Waals surface area contributed by atoms with E-state index in [0.29, 0.717) is 23.8 Å². The summed E-state index contributed by atoms with van der Waals surface area (Å²) in [5.41, 5.74) is 3.63. The number of fused-ring (bicyclic) bond motifs is 3. The number of nitrogens with zero attached hydrogens (tertiary/aromatic N) is 6. The zero-order valence-corrected chi connectivity index (χ0v) is 17.2. The van der Waals surface area contributed by atoms with Crippen LogP contribution in [0.25, 0.3) is 27.9 Å². The van der Waals surface area contributed by atoms with Gasteiger partial charge in [-0.25, -0.2) is 4.98 Å². The summed E-state index contributed by atoms with van der Waals surface area (Å²) in [5.74, 6) is 0.440. The van der Waals surface area contributed by atoms with E-state index in [1.807, 2.05) is 30.3 Å². The Bertz CT molecular complexity index is 1260. The normalized spacial score (nSPS) is 19.5. The van der Waals surface area contributed by atoms with E-state index in [1.165, 1.54) is 6.42 Å². The summed E-state index contributed by atoms with van der Waals surface area (Å²) in [5, 5.41) is 13.4. The maximum absolute atomic E-state index is 13.3. The van der Waals surface area contributed by atoms with Gasteiger partial charge in [0.1, 0.15) is 6.33 Å². The van der Waals surface area contributed by atoms with E-state index in [2.05, 4.69) is 27.2 Å². The number of aromatic nitrogens is 6. The number of rotatable bonds is 4. The fourth-order valence-electron chi connectivity index (χ4n) is 4.57. The SMILES string of the molecule is COCc1nn2c(nnc3c(=O)n(C4CCCCC4C)cnc32)c1-c1ccccc1. The van der Waals surface area contributed by atoms with Crippen molar-refractivity contribution in [2.45, 2.75) is 45.3 Å². The van der Waals surface area contributed by atoms with Crippen molar-refractivity contribution in [3.8, 4) is 11.1 Å². The van der Waals surface area contributed by atoms with Crippen molar-refractivity contribution < 1.29 is 4.74 Å². The highest BCUT2D eigenvalue weighted by atomic mass is 16.5. The molecule has 0 aliphatic heterocycles. The first-order valence-electron chi connectivity index (χ1n) is 10.4. The average molecular weight is 404 g/mol.